The molecule has 18 heavy (non-hydrogen) atoms. The first kappa shape index (κ1) is 14.2. The van der Waals surface area contributed by atoms with Crippen LogP contribution in [0.25, 0.3) is 0 Å². The van der Waals surface area contributed by atoms with Gasteiger partial charge < -0.3 is 10.4 Å². The van der Waals surface area contributed by atoms with E-state index < -0.39 is 5.60 Å². The summed E-state index contributed by atoms with van der Waals surface area (Å²) in [5.41, 5.74) is 1.43. The van der Waals surface area contributed by atoms with E-state index >= 15 is 0 Å². The molecule has 0 atom stereocenters. The van der Waals surface area contributed by atoms with Crippen molar-refractivity contribution in [3.63, 3.8) is 0 Å². The first-order valence-corrected chi connectivity index (χ1v) is 7.59. The Morgan fingerprint density at radius 1 is 1.33 bits per heavy atom. The molecular weight excluding hydrogens is 314 g/mol. The van der Waals surface area contributed by atoms with E-state index in [0.29, 0.717) is 6.54 Å². The van der Waals surface area contributed by atoms with Crippen LogP contribution in [0.3, 0.4) is 0 Å². The SMILES string of the molecule is Cc1cc(Br)c(NCC2(O)CCCCC2)cc1Cl. The molecule has 1 aliphatic carbocycles. The molecule has 1 aliphatic rings. The molecule has 0 heterocycles. The Labute approximate surface area is 122 Å². The van der Waals surface area contributed by atoms with Gasteiger partial charge in [0.2, 0.25) is 0 Å². The zero-order chi connectivity index (χ0) is 13.2. The molecule has 1 fully saturated rings. The Morgan fingerprint density at radius 2 is 2.00 bits per heavy atom. The van der Waals surface area contributed by atoms with Crippen LogP contribution in [0, 0.1) is 6.92 Å². The molecule has 0 bridgehead atoms. The lowest BCUT2D eigenvalue weighted by atomic mass is 9.85. The van der Waals surface area contributed by atoms with Gasteiger partial charge >= 0.3 is 0 Å². The first-order valence-electron chi connectivity index (χ1n) is 6.42. The van der Waals surface area contributed by atoms with Gasteiger partial charge in [-0.25, -0.2) is 0 Å². The van der Waals surface area contributed by atoms with Crippen molar-refractivity contribution in [3.8, 4) is 0 Å². The maximum atomic E-state index is 10.4. The zero-order valence-corrected chi connectivity index (χ0v) is 12.9. The monoisotopic (exact) mass is 331 g/mol. The maximum Gasteiger partial charge on any atom is 0.0819 e. The lowest BCUT2D eigenvalue weighted by Gasteiger charge is -2.32. The summed E-state index contributed by atoms with van der Waals surface area (Å²) in [5, 5.41) is 14.5. The number of aliphatic hydroxyl groups is 1. The molecule has 4 heteroatoms. The van der Waals surface area contributed by atoms with Gasteiger partial charge in [0.15, 0.2) is 0 Å². The van der Waals surface area contributed by atoms with Gasteiger partial charge in [-0.15, -0.1) is 0 Å². The van der Waals surface area contributed by atoms with Gasteiger partial charge in [-0.3, -0.25) is 0 Å². The Kier molecular flexibility index (Phi) is 4.57. The lowest BCUT2D eigenvalue weighted by molar-refractivity contribution is 0.0167. The number of halogens is 2. The van der Waals surface area contributed by atoms with E-state index in [1.807, 2.05) is 19.1 Å². The standard InChI is InChI=1S/C14H19BrClNO/c1-10-7-11(15)13(8-12(10)16)17-9-14(18)5-3-2-4-6-14/h7-8,17-18H,2-6,9H2,1H3. The van der Waals surface area contributed by atoms with Crippen molar-refractivity contribution < 1.29 is 5.11 Å². The number of nitrogens with one attached hydrogen (secondary N) is 1. The van der Waals surface area contributed by atoms with Gasteiger partial charge in [-0.05, 0) is 53.4 Å². The number of hydrogen-bond donors (Lipinski definition) is 2. The molecule has 1 saturated carbocycles. The minimum atomic E-state index is -0.560. The van der Waals surface area contributed by atoms with Crippen LogP contribution in [0.5, 0.6) is 0 Å². The minimum absolute atomic E-state index is 0.560. The Balaban J connectivity index is 2.03. The van der Waals surface area contributed by atoms with E-state index in [1.54, 1.807) is 0 Å². The number of hydrogen-bond acceptors (Lipinski definition) is 2. The average Bonchev–Trinajstić information content (AvgIpc) is 2.33. The molecule has 0 aromatic heterocycles. The van der Waals surface area contributed by atoms with Crippen LogP contribution in [-0.4, -0.2) is 17.3 Å². The second kappa shape index (κ2) is 5.81. The summed E-state index contributed by atoms with van der Waals surface area (Å²) in [4.78, 5) is 0. The fourth-order valence-corrected chi connectivity index (χ4v) is 3.19. The third-order valence-electron chi connectivity index (χ3n) is 3.64. The van der Waals surface area contributed by atoms with Crippen LogP contribution in [-0.2, 0) is 0 Å². The molecule has 0 aliphatic heterocycles. The summed E-state index contributed by atoms with van der Waals surface area (Å²) in [5.74, 6) is 0. The minimum Gasteiger partial charge on any atom is -0.388 e. The van der Waals surface area contributed by atoms with E-state index in [9.17, 15) is 5.11 Å². The molecule has 0 radical (unpaired) electrons. The normalized spacial score (nSPS) is 18.7. The molecule has 1 aromatic carbocycles. The van der Waals surface area contributed by atoms with Crippen molar-refractivity contribution in [1.29, 1.82) is 0 Å². The van der Waals surface area contributed by atoms with Crippen molar-refractivity contribution in [2.24, 2.45) is 0 Å². The molecule has 0 spiro atoms. The van der Waals surface area contributed by atoms with E-state index in [4.69, 9.17) is 11.6 Å². The number of rotatable bonds is 3. The van der Waals surface area contributed by atoms with Gasteiger partial charge in [-0.1, -0.05) is 30.9 Å². The van der Waals surface area contributed by atoms with Gasteiger partial charge in [0, 0.05) is 16.0 Å². The van der Waals surface area contributed by atoms with Crippen molar-refractivity contribution in [2.75, 3.05) is 11.9 Å². The van der Waals surface area contributed by atoms with Crippen LogP contribution in [0.1, 0.15) is 37.7 Å². The van der Waals surface area contributed by atoms with Crippen LogP contribution in [0.4, 0.5) is 5.69 Å². The van der Waals surface area contributed by atoms with Crippen molar-refractivity contribution in [2.45, 2.75) is 44.6 Å². The fourth-order valence-electron chi connectivity index (χ4n) is 2.43. The molecule has 100 valence electrons. The fraction of sp³-hybridized carbons (Fsp3) is 0.571. The Morgan fingerprint density at radius 3 is 2.67 bits per heavy atom. The van der Waals surface area contributed by atoms with Gasteiger partial charge in [0.05, 0.1) is 11.3 Å². The highest BCUT2D eigenvalue weighted by Crippen LogP contribution is 2.32. The quantitative estimate of drug-likeness (QED) is 0.853. The van der Waals surface area contributed by atoms with Crippen LogP contribution >= 0.6 is 27.5 Å². The van der Waals surface area contributed by atoms with Crippen molar-refractivity contribution in [3.05, 3.63) is 27.2 Å². The van der Waals surface area contributed by atoms with Gasteiger partial charge in [0.25, 0.3) is 0 Å². The third-order valence-corrected chi connectivity index (χ3v) is 4.70. The van der Waals surface area contributed by atoms with Gasteiger partial charge in [0.1, 0.15) is 0 Å². The maximum absolute atomic E-state index is 10.4. The predicted octanol–water partition coefficient (Wildman–Crippen LogP) is 4.52. The van der Waals surface area contributed by atoms with Gasteiger partial charge in [-0.2, -0.15) is 0 Å². The summed E-state index contributed by atoms with van der Waals surface area (Å²) >= 11 is 9.64. The second-order valence-corrected chi connectivity index (χ2v) is 6.48. The summed E-state index contributed by atoms with van der Waals surface area (Å²) in [6, 6.07) is 3.91. The lowest BCUT2D eigenvalue weighted by Crippen LogP contribution is -2.38. The third kappa shape index (κ3) is 3.40. The Hall–Kier alpha value is -0.250. The van der Waals surface area contributed by atoms with E-state index in [0.717, 1.165) is 46.4 Å². The highest BCUT2D eigenvalue weighted by Gasteiger charge is 2.28. The molecule has 2 rings (SSSR count). The van der Waals surface area contributed by atoms with Crippen LogP contribution in [0.2, 0.25) is 5.02 Å². The Bertz CT molecular complexity index is 430. The molecule has 0 unspecified atom stereocenters. The van der Waals surface area contributed by atoms with Crippen LogP contribution in [0.15, 0.2) is 16.6 Å². The topological polar surface area (TPSA) is 32.3 Å². The molecule has 0 saturated heterocycles. The first-order chi connectivity index (χ1) is 8.50. The molecule has 1 aromatic rings. The molecule has 2 N–H and O–H groups in total. The zero-order valence-electron chi connectivity index (χ0n) is 10.6. The van der Waals surface area contributed by atoms with E-state index in [-0.39, 0.29) is 0 Å². The summed E-state index contributed by atoms with van der Waals surface area (Å²) in [6.45, 7) is 2.57. The number of aryl methyl sites for hydroxylation is 1. The number of benzene rings is 1. The largest absolute Gasteiger partial charge is 0.388 e. The highest BCUT2D eigenvalue weighted by molar-refractivity contribution is 9.10. The highest BCUT2D eigenvalue weighted by atomic mass is 79.9. The smallest absolute Gasteiger partial charge is 0.0819 e. The summed E-state index contributed by atoms with van der Waals surface area (Å²) < 4.78 is 0.990. The van der Waals surface area contributed by atoms with E-state index in [1.165, 1.54) is 6.42 Å². The number of anilines is 1. The van der Waals surface area contributed by atoms with Crippen molar-refractivity contribution >= 4 is 33.2 Å². The molecular formula is C14H19BrClNO. The van der Waals surface area contributed by atoms with Crippen LogP contribution < -0.4 is 5.32 Å². The summed E-state index contributed by atoms with van der Waals surface area (Å²) in [6.07, 6.45) is 5.25. The van der Waals surface area contributed by atoms with E-state index in [2.05, 4.69) is 21.2 Å². The average molecular weight is 333 g/mol. The molecule has 0 amide bonds. The second-order valence-electron chi connectivity index (χ2n) is 5.22. The summed E-state index contributed by atoms with van der Waals surface area (Å²) in [7, 11) is 0. The molecule has 2 nitrogen and oxygen atoms in total. The predicted molar refractivity (Wildman–Crippen MR) is 80.4 cm³/mol. The van der Waals surface area contributed by atoms with Crippen molar-refractivity contribution in [1.82, 2.24) is 0 Å².